The number of halogens is 1. The Kier molecular flexibility index (Phi) is 5.14. The van der Waals surface area contributed by atoms with Gasteiger partial charge in [0.1, 0.15) is 10.7 Å². The van der Waals surface area contributed by atoms with E-state index in [0.717, 1.165) is 28.2 Å². The second-order valence-corrected chi connectivity index (χ2v) is 9.07. The number of hydrogen-bond donors (Lipinski definition) is 1. The summed E-state index contributed by atoms with van der Waals surface area (Å²) in [6.07, 6.45) is 0.260. The van der Waals surface area contributed by atoms with Crippen LogP contribution in [0.2, 0.25) is 0 Å². The summed E-state index contributed by atoms with van der Waals surface area (Å²) in [6.45, 7) is 2.81. The summed E-state index contributed by atoms with van der Waals surface area (Å²) in [5.41, 5.74) is 2.92. The van der Waals surface area contributed by atoms with Gasteiger partial charge in [-0.3, -0.25) is 4.79 Å². The largest absolute Gasteiger partial charge is 0.358 e. The van der Waals surface area contributed by atoms with E-state index in [1.54, 1.807) is 4.90 Å². The molecule has 1 aromatic heterocycles. The molecule has 4 rings (SSSR count). The zero-order valence-corrected chi connectivity index (χ0v) is 16.9. The fraction of sp³-hybridized carbons (Fsp3) is 0.286. The minimum absolute atomic E-state index is 0.0409. The van der Waals surface area contributed by atoms with E-state index in [-0.39, 0.29) is 43.4 Å². The maximum absolute atomic E-state index is 13.9. The van der Waals surface area contributed by atoms with Gasteiger partial charge in [-0.25, -0.2) is 12.8 Å². The molecule has 0 atom stereocenters. The molecule has 0 spiro atoms. The molecule has 152 valence electrons. The Morgan fingerprint density at radius 2 is 1.69 bits per heavy atom. The summed E-state index contributed by atoms with van der Waals surface area (Å²) in [4.78, 5) is 17.5. The van der Waals surface area contributed by atoms with Gasteiger partial charge in [-0.05, 0) is 30.7 Å². The topological polar surface area (TPSA) is 73.5 Å². The number of rotatable bonds is 4. The fourth-order valence-electron chi connectivity index (χ4n) is 3.80. The summed E-state index contributed by atoms with van der Waals surface area (Å²) < 4.78 is 40.6. The molecule has 1 aliphatic rings. The normalized spacial score (nSPS) is 15.7. The minimum Gasteiger partial charge on any atom is -0.358 e. The molecule has 3 aromatic rings. The van der Waals surface area contributed by atoms with Crippen molar-refractivity contribution in [1.29, 1.82) is 0 Å². The molecule has 1 saturated heterocycles. The Morgan fingerprint density at radius 3 is 2.41 bits per heavy atom. The Morgan fingerprint density at radius 1 is 1.03 bits per heavy atom. The molecule has 0 bridgehead atoms. The third kappa shape index (κ3) is 3.65. The third-order valence-electron chi connectivity index (χ3n) is 5.40. The number of aryl methyl sites for hydroxylation is 1. The Balaban J connectivity index is 1.45. The molecule has 0 saturated carbocycles. The van der Waals surface area contributed by atoms with Gasteiger partial charge in [0, 0.05) is 42.8 Å². The van der Waals surface area contributed by atoms with Crippen LogP contribution in [0.25, 0.3) is 10.9 Å². The van der Waals surface area contributed by atoms with E-state index in [2.05, 4.69) is 4.98 Å². The van der Waals surface area contributed by atoms with Crippen LogP contribution in [0.5, 0.6) is 0 Å². The zero-order chi connectivity index (χ0) is 20.6. The Hall–Kier alpha value is -2.71. The standard InChI is InChI=1S/C21H22FN3O3S/c1-15-17(16-6-2-4-8-19(16)23-15)14-21(26)24-10-12-25(13-11-24)29(27,28)20-9-5-3-7-18(20)22/h2-9,23H,10-14H2,1H3. The molecule has 8 heteroatoms. The van der Waals surface area contributed by atoms with Crippen LogP contribution in [0.4, 0.5) is 4.39 Å². The molecular formula is C21H22FN3O3S. The van der Waals surface area contributed by atoms with Gasteiger partial charge in [0.2, 0.25) is 15.9 Å². The van der Waals surface area contributed by atoms with E-state index in [0.29, 0.717) is 0 Å². The molecule has 0 unspecified atom stereocenters. The fourth-order valence-corrected chi connectivity index (χ4v) is 5.28. The first kappa shape index (κ1) is 19.6. The number of para-hydroxylation sites is 1. The highest BCUT2D eigenvalue weighted by atomic mass is 32.2. The van der Waals surface area contributed by atoms with Crippen molar-refractivity contribution in [3.63, 3.8) is 0 Å². The monoisotopic (exact) mass is 415 g/mol. The number of nitrogens with one attached hydrogen (secondary N) is 1. The molecule has 1 amide bonds. The molecule has 0 aliphatic carbocycles. The van der Waals surface area contributed by atoms with Crippen molar-refractivity contribution in [2.45, 2.75) is 18.2 Å². The van der Waals surface area contributed by atoms with Crippen LogP contribution in [0, 0.1) is 12.7 Å². The number of piperazine rings is 1. The molecule has 2 heterocycles. The second kappa shape index (κ2) is 7.61. The van der Waals surface area contributed by atoms with E-state index in [9.17, 15) is 17.6 Å². The average Bonchev–Trinajstić information content (AvgIpc) is 3.03. The Labute approximate surface area is 169 Å². The lowest BCUT2D eigenvalue weighted by Gasteiger charge is -2.34. The predicted molar refractivity (Wildman–Crippen MR) is 108 cm³/mol. The first-order valence-electron chi connectivity index (χ1n) is 9.46. The van der Waals surface area contributed by atoms with Crippen molar-refractivity contribution < 1.29 is 17.6 Å². The van der Waals surface area contributed by atoms with Crippen LogP contribution >= 0.6 is 0 Å². The summed E-state index contributed by atoms with van der Waals surface area (Å²) in [7, 11) is -3.91. The van der Waals surface area contributed by atoms with Gasteiger partial charge in [0.05, 0.1) is 6.42 Å². The van der Waals surface area contributed by atoms with E-state index < -0.39 is 15.8 Å². The number of amides is 1. The Bertz CT molecular complexity index is 1160. The number of nitrogens with zero attached hydrogens (tertiary/aromatic N) is 2. The van der Waals surface area contributed by atoms with Crippen molar-refractivity contribution >= 4 is 26.8 Å². The van der Waals surface area contributed by atoms with Gasteiger partial charge >= 0.3 is 0 Å². The van der Waals surface area contributed by atoms with Crippen molar-refractivity contribution in [2.24, 2.45) is 0 Å². The van der Waals surface area contributed by atoms with Crippen LogP contribution in [0.1, 0.15) is 11.3 Å². The predicted octanol–water partition coefficient (Wildman–Crippen LogP) is 2.69. The molecule has 0 radical (unpaired) electrons. The van der Waals surface area contributed by atoms with E-state index >= 15 is 0 Å². The van der Waals surface area contributed by atoms with Gasteiger partial charge in [-0.2, -0.15) is 4.31 Å². The lowest BCUT2D eigenvalue weighted by atomic mass is 10.1. The second-order valence-electron chi connectivity index (χ2n) is 7.17. The summed E-state index contributed by atoms with van der Waals surface area (Å²) in [6, 6.07) is 13.2. The van der Waals surface area contributed by atoms with Crippen LogP contribution in [-0.2, 0) is 21.2 Å². The number of benzene rings is 2. The van der Waals surface area contributed by atoms with Crippen molar-refractivity contribution in [3.8, 4) is 0 Å². The third-order valence-corrected chi connectivity index (χ3v) is 7.33. The summed E-state index contributed by atoms with van der Waals surface area (Å²) >= 11 is 0. The number of aromatic amines is 1. The maximum Gasteiger partial charge on any atom is 0.246 e. The van der Waals surface area contributed by atoms with Gasteiger partial charge < -0.3 is 9.88 Å². The van der Waals surface area contributed by atoms with Gasteiger partial charge in [0.15, 0.2) is 0 Å². The maximum atomic E-state index is 13.9. The van der Waals surface area contributed by atoms with Crippen LogP contribution in [0.3, 0.4) is 0 Å². The summed E-state index contributed by atoms with van der Waals surface area (Å²) in [5, 5.41) is 1.03. The van der Waals surface area contributed by atoms with E-state index in [1.165, 1.54) is 22.5 Å². The van der Waals surface area contributed by atoms with Crippen LogP contribution in [-0.4, -0.2) is 54.7 Å². The van der Waals surface area contributed by atoms with Crippen LogP contribution < -0.4 is 0 Å². The highest BCUT2D eigenvalue weighted by Gasteiger charge is 2.32. The highest BCUT2D eigenvalue weighted by Crippen LogP contribution is 2.24. The van der Waals surface area contributed by atoms with Gasteiger partial charge in [0.25, 0.3) is 0 Å². The first-order valence-corrected chi connectivity index (χ1v) is 10.9. The SMILES string of the molecule is Cc1[nH]c2ccccc2c1CC(=O)N1CCN(S(=O)(=O)c2ccccc2F)CC1. The molecule has 1 N–H and O–H groups in total. The van der Waals surface area contributed by atoms with Gasteiger partial charge in [-0.1, -0.05) is 30.3 Å². The number of hydrogen-bond acceptors (Lipinski definition) is 3. The number of H-pyrrole nitrogens is 1. The van der Waals surface area contributed by atoms with Crippen LogP contribution in [0.15, 0.2) is 53.4 Å². The minimum atomic E-state index is -3.91. The first-order chi connectivity index (χ1) is 13.9. The molecule has 1 aliphatic heterocycles. The van der Waals surface area contributed by atoms with Crippen molar-refractivity contribution in [2.75, 3.05) is 26.2 Å². The summed E-state index contributed by atoms with van der Waals surface area (Å²) in [5.74, 6) is -0.804. The molecule has 2 aromatic carbocycles. The molecular weight excluding hydrogens is 393 g/mol. The smallest absolute Gasteiger partial charge is 0.246 e. The average molecular weight is 415 g/mol. The van der Waals surface area contributed by atoms with E-state index in [4.69, 9.17) is 0 Å². The number of carbonyl (C=O) groups is 1. The highest BCUT2D eigenvalue weighted by molar-refractivity contribution is 7.89. The number of carbonyl (C=O) groups excluding carboxylic acids is 1. The lowest BCUT2D eigenvalue weighted by molar-refractivity contribution is -0.131. The molecule has 1 fully saturated rings. The number of fused-ring (bicyclic) bond motifs is 1. The van der Waals surface area contributed by atoms with E-state index in [1.807, 2.05) is 31.2 Å². The quantitative estimate of drug-likeness (QED) is 0.712. The van der Waals surface area contributed by atoms with Gasteiger partial charge in [-0.15, -0.1) is 0 Å². The number of aromatic nitrogens is 1. The zero-order valence-electron chi connectivity index (χ0n) is 16.1. The molecule has 29 heavy (non-hydrogen) atoms. The molecule has 6 nitrogen and oxygen atoms in total. The van der Waals surface area contributed by atoms with Crippen molar-refractivity contribution in [1.82, 2.24) is 14.2 Å². The number of sulfonamides is 1. The van der Waals surface area contributed by atoms with Crippen molar-refractivity contribution in [3.05, 3.63) is 65.6 Å². The lowest BCUT2D eigenvalue weighted by Crippen LogP contribution is -2.51.